The van der Waals surface area contributed by atoms with Gasteiger partial charge in [0.25, 0.3) is 0 Å². The molecule has 1 saturated carbocycles. The van der Waals surface area contributed by atoms with Gasteiger partial charge in [0.1, 0.15) is 5.75 Å². The van der Waals surface area contributed by atoms with Gasteiger partial charge >= 0.3 is 6.03 Å². The van der Waals surface area contributed by atoms with Crippen molar-refractivity contribution in [1.29, 1.82) is 0 Å². The number of urea groups is 1. The van der Waals surface area contributed by atoms with Crippen molar-refractivity contribution in [2.75, 3.05) is 38.2 Å². The van der Waals surface area contributed by atoms with Crippen LogP contribution in [0.3, 0.4) is 0 Å². The number of carbonyl (C=O) groups is 2. The van der Waals surface area contributed by atoms with E-state index < -0.39 is 0 Å². The summed E-state index contributed by atoms with van der Waals surface area (Å²) in [5.41, 5.74) is 1.16. The highest BCUT2D eigenvalue weighted by Gasteiger charge is 2.27. The van der Waals surface area contributed by atoms with E-state index in [4.69, 9.17) is 4.74 Å². The number of amides is 3. The maximum absolute atomic E-state index is 12.5. The molecule has 7 nitrogen and oxygen atoms in total. The van der Waals surface area contributed by atoms with Crippen molar-refractivity contribution >= 4 is 17.6 Å². The molecular weight excluding hydrogens is 356 g/mol. The first kappa shape index (κ1) is 20.5. The van der Waals surface area contributed by atoms with Crippen LogP contribution in [0.25, 0.3) is 0 Å². The number of nitrogens with one attached hydrogen (secondary N) is 2. The van der Waals surface area contributed by atoms with E-state index in [-0.39, 0.29) is 24.0 Å². The van der Waals surface area contributed by atoms with Crippen LogP contribution in [0.15, 0.2) is 24.3 Å². The van der Waals surface area contributed by atoms with E-state index in [0.29, 0.717) is 0 Å². The van der Waals surface area contributed by atoms with Crippen LogP contribution in [-0.4, -0.2) is 62.2 Å². The largest absolute Gasteiger partial charge is 0.497 e. The lowest BCUT2D eigenvalue weighted by Gasteiger charge is -2.38. The quantitative estimate of drug-likeness (QED) is 0.810. The van der Waals surface area contributed by atoms with E-state index in [0.717, 1.165) is 63.3 Å². The number of piperazine rings is 1. The highest BCUT2D eigenvalue weighted by molar-refractivity contribution is 5.96. The maximum atomic E-state index is 12.5. The van der Waals surface area contributed by atoms with Crippen LogP contribution < -0.4 is 20.3 Å². The Hall–Kier alpha value is -2.28. The Balaban J connectivity index is 1.43. The van der Waals surface area contributed by atoms with Gasteiger partial charge in [-0.2, -0.15) is 0 Å². The molecule has 0 aromatic heterocycles. The second-order valence-corrected chi connectivity index (χ2v) is 7.69. The van der Waals surface area contributed by atoms with Crippen molar-refractivity contribution in [1.82, 2.24) is 15.5 Å². The minimum absolute atomic E-state index is 0.199. The second kappa shape index (κ2) is 9.78. The molecule has 2 N–H and O–H groups in total. The molecule has 1 heterocycles. The molecule has 0 radical (unpaired) electrons. The van der Waals surface area contributed by atoms with Gasteiger partial charge in [0, 0.05) is 37.9 Å². The Bertz CT molecular complexity index is 650. The molecule has 1 aliphatic carbocycles. The molecule has 2 fully saturated rings. The van der Waals surface area contributed by atoms with Crippen molar-refractivity contribution in [2.45, 2.75) is 51.1 Å². The van der Waals surface area contributed by atoms with Gasteiger partial charge in [-0.25, -0.2) is 4.79 Å². The SMILES string of the molecule is COc1ccc(N2CCN(C(C)C(=O)NC(=O)NC3CCCCC3)CC2)cc1. The number of methoxy groups -OCH3 is 1. The molecule has 1 atom stereocenters. The van der Waals surface area contributed by atoms with Crippen molar-refractivity contribution < 1.29 is 14.3 Å². The molecule has 0 bridgehead atoms. The lowest BCUT2D eigenvalue weighted by Crippen LogP contribution is -2.56. The number of hydrogen-bond donors (Lipinski definition) is 2. The third-order valence-corrected chi connectivity index (χ3v) is 5.86. The molecule has 1 unspecified atom stereocenters. The van der Waals surface area contributed by atoms with Crippen molar-refractivity contribution in [2.24, 2.45) is 0 Å². The average molecular weight is 389 g/mol. The summed E-state index contributed by atoms with van der Waals surface area (Å²) < 4.78 is 5.21. The van der Waals surface area contributed by atoms with E-state index in [1.165, 1.54) is 6.42 Å². The van der Waals surface area contributed by atoms with E-state index in [1.807, 2.05) is 19.1 Å². The van der Waals surface area contributed by atoms with E-state index in [9.17, 15) is 9.59 Å². The summed E-state index contributed by atoms with van der Waals surface area (Å²) in [7, 11) is 1.66. The molecule has 1 aliphatic heterocycles. The number of carbonyl (C=O) groups excluding carboxylic acids is 2. The van der Waals surface area contributed by atoms with Crippen LogP contribution in [0, 0.1) is 0 Å². The second-order valence-electron chi connectivity index (χ2n) is 7.69. The van der Waals surface area contributed by atoms with E-state index >= 15 is 0 Å². The molecule has 3 amide bonds. The summed E-state index contributed by atoms with van der Waals surface area (Å²) in [6.45, 7) is 5.12. The monoisotopic (exact) mass is 388 g/mol. The van der Waals surface area contributed by atoms with Crippen LogP contribution >= 0.6 is 0 Å². The molecule has 1 aromatic carbocycles. The molecule has 1 aromatic rings. The predicted octanol–water partition coefficient (Wildman–Crippen LogP) is 2.36. The lowest BCUT2D eigenvalue weighted by molar-refractivity contribution is -0.124. The fourth-order valence-corrected chi connectivity index (χ4v) is 4.01. The van der Waals surface area contributed by atoms with Crippen LogP contribution in [0.4, 0.5) is 10.5 Å². The number of imide groups is 1. The van der Waals surface area contributed by atoms with Crippen LogP contribution in [0.1, 0.15) is 39.0 Å². The van der Waals surface area contributed by atoms with Gasteiger partial charge in [0.05, 0.1) is 13.2 Å². The van der Waals surface area contributed by atoms with Crippen molar-refractivity contribution in [3.8, 4) is 5.75 Å². The average Bonchev–Trinajstić information content (AvgIpc) is 2.74. The Kier molecular flexibility index (Phi) is 7.14. The van der Waals surface area contributed by atoms with Crippen LogP contribution in [-0.2, 0) is 4.79 Å². The number of anilines is 1. The number of rotatable bonds is 5. The minimum Gasteiger partial charge on any atom is -0.497 e. The van der Waals surface area contributed by atoms with Gasteiger partial charge in [-0.15, -0.1) is 0 Å². The highest BCUT2D eigenvalue weighted by Crippen LogP contribution is 2.21. The van der Waals surface area contributed by atoms with Gasteiger partial charge in [-0.05, 0) is 44.0 Å². The molecule has 2 aliphatic rings. The number of benzene rings is 1. The summed E-state index contributed by atoms with van der Waals surface area (Å²) in [6, 6.07) is 7.55. The first-order chi connectivity index (χ1) is 13.6. The van der Waals surface area contributed by atoms with E-state index in [2.05, 4.69) is 32.6 Å². The minimum atomic E-state index is -0.361. The molecule has 0 spiro atoms. The summed E-state index contributed by atoms with van der Waals surface area (Å²) in [5.74, 6) is 0.616. The Labute approximate surface area is 167 Å². The molecule has 7 heteroatoms. The van der Waals surface area contributed by atoms with Crippen LogP contribution in [0.5, 0.6) is 5.75 Å². The summed E-state index contributed by atoms with van der Waals surface area (Å²) in [5, 5.41) is 5.46. The fourth-order valence-electron chi connectivity index (χ4n) is 4.01. The Morgan fingerprint density at radius 3 is 2.29 bits per heavy atom. The third kappa shape index (κ3) is 5.38. The Morgan fingerprint density at radius 2 is 1.68 bits per heavy atom. The topological polar surface area (TPSA) is 73.9 Å². The third-order valence-electron chi connectivity index (χ3n) is 5.86. The number of hydrogen-bond acceptors (Lipinski definition) is 5. The smallest absolute Gasteiger partial charge is 0.321 e. The fraction of sp³-hybridized carbons (Fsp3) is 0.619. The summed E-state index contributed by atoms with van der Waals surface area (Å²) in [6.07, 6.45) is 5.54. The first-order valence-electron chi connectivity index (χ1n) is 10.3. The zero-order valence-corrected chi connectivity index (χ0v) is 16.9. The number of nitrogens with zero attached hydrogens (tertiary/aromatic N) is 2. The van der Waals surface area contributed by atoms with Gasteiger partial charge in [-0.1, -0.05) is 19.3 Å². The zero-order chi connectivity index (χ0) is 19.9. The molecular formula is C21H32N4O3. The van der Waals surface area contributed by atoms with Gasteiger partial charge in [0.2, 0.25) is 5.91 Å². The van der Waals surface area contributed by atoms with Crippen LogP contribution in [0.2, 0.25) is 0 Å². The van der Waals surface area contributed by atoms with Crippen molar-refractivity contribution in [3.63, 3.8) is 0 Å². The highest BCUT2D eigenvalue weighted by atomic mass is 16.5. The van der Waals surface area contributed by atoms with E-state index in [1.54, 1.807) is 7.11 Å². The van der Waals surface area contributed by atoms with Gasteiger partial charge in [0.15, 0.2) is 0 Å². The normalized spacial score (nSPS) is 19.7. The molecule has 3 rings (SSSR count). The van der Waals surface area contributed by atoms with Crippen molar-refractivity contribution in [3.05, 3.63) is 24.3 Å². The summed E-state index contributed by atoms with van der Waals surface area (Å²) >= 11 is 0. The first-order valence-corrected chi connectivity index (χ1v) is 10.3. The zero-order valence-electron chi connectivity index (χ0n) is 16.9. The molecule has 154 valence electrons. The Morgan fingerprint density at radius 1 is 1.04 bits per heavy atom. The predicted molar refractivity (Wildman–Crippen MR) is 110 cm³/mol. The standard InChI is InChI=1S/C21H32N4O3/c1-16(20(26)23-21(27)22-17-6-4-3-5-7-17)24-12-14-25(15-13-24)18-8-10-19(28-2)11-9-18/h8-11,16-17H,3-7,12-15H2,1-2H3,(H2,22,23,26,27). The summed E-state index contributed by atoms with van der Waals surface area (Å²) in [4.78, 5) is 29.0. The van der Waals surface area contributed by atoms with Gasteiger partial charge in [-0.3, -0.25) is 15.0 Å². The molecule has 1 saturated heterocycles. The molecule has 28 heavy (non-hydrogen) atoms. The lowest BCUT2D eigenvalue weighted by atomic mass is 9.96. The van der Waals surface area contributed by atoms with Gasteiger partial charge < -0.3 is 15.0 Å². The number of ether oxygens (including phenoxy) is 1. The maximum Gasteiger partial charge on any atom is 0.321 e.